The van der Waals surface area contributed by atoms with E-state index in [1.54, 1.807) is 28.9 Å². The number of alkyl halides is 3. The van der Waals surface area contributed by atoms with Crippen LogP contribution in [0.25, 0.3) is 0 Å². The van der Waals surface area contributed by atoms with Gasteiger partial charge >= 0.3 is 12.2 Å². The van der Waals surface area contributed by atoms with Gasteiger partial charge in [-0.15, -0.1) is 0 Å². The molecule has 0 saturated carbocycles. The average molecular weight is 609 g/mol. The molecule has 0 aliphatic carbocycles. The summed E-state index contributed by atoms with van der Waals surface area (Å²) < 4.78 is 70.4. The smallest absolute Gasteiger partial charge is 0.416 e. The zero-order valence-corrected chi connectivity index (χ0v) is 24.0. The highest BCUT2D eigenvalue weighted by molar-refractivity contribution is 7.88. The monoisotopic (exact) mass is 607 g/mol. The molecule has 214 valence electrons. The lowest BCUT2D eigenvalue weighted by atomic mass is 9.85. The zero-order valence-electron chi connectivity index (χ0n) is 21.7. The van der Waals surface area contributed by atoms with Gasteiger partial charge in [-0.05, 0) is 55.8 Å². The molecule has 2 aromatic carbocycles. The summed E-state index contributed by atoms with van der Waals surface area (Å²) in [6.45, 7) is 5.05. The van der Waals surface area contributed by atoms with Crippen molar-refractivity contribution in [2.75, 3.05) is 39.0 Å². The van der Waals surface area contributed by atoms with Gasteiger partial charge < -0.3 is 14.5 Å². The van der Waals surface area contributed by atoms with E-state index in [2.05, 4.69) is 0 Å². The largest absolute Gasteiger partial charge is 0.490 e. The molecule has 2 aliphatic rings. The van der Waals surface area contributed by atoms with Gasteiger partial charge in [0.2, 0.25) is 10.0 Å². The first kappa shape index (κ1) is 29.8. The number of halogens is 5. The van der Waals surface area contributed by atoms with Crippen LogP contribution in [-0.4, -0.2) is 79.7 Å². The zero-order chi connectivity index (χ0) is 28.7. The third kappa shape index (κ3) is 6.75. The third-order valence-corrected chi connectivity index (χ3v) is 9.51. The van der Waals surface area contributed by atoms with Crippen LogP contribution < -0.4 is 4.74 Å². The standard InChI is InChI=1S/C26H30Cl2F3N3O4S/c1-16-13-32(10-11-34(16)39(3,36)37)25(35)33-14-21(22(15-33)18-4-9-23(27)24(28)12-18)17(2)38-20-7-5-19(6-8-20)26(29,30)31/h4-9,12,16-17,21-22H,10-11,13-15H2,1-3H3/t16-,17?,21?,22?/m0/s1. The summed E-state index contributed by atoms with van der Waals surface area (Å²) in [7, 11) is -3.38. The maximum atomic E-state index is 13.5. The fourth-order valence-electron chi connectivity index (χ4n) is 5.39. The molecule has 3 unspecified atom stereocenters. The van der Waals surface area contributed by atoms with Crippen LogP contribution in [0.2, 0.25) is 10.0 Å². The molecule has 0 spiro atoms. The van der Waals surface area contributed by atoms with E-state index in [0.29, 0.717) is 28.9 Å². The second kappa shape index (κ2) is 11.3. The van der Waals surface area contributed by atoms with Crippen molar-refractivity contribution < 1.29 is 31.1 Å². The lowest BCUT2D eigenvalue weighted by molar-refractivity contribution is -0.137. The molecule has 7 nitrogen and oxygen atoms in total. The van der Waals surface area contributed by atoms with Gasteiger partial charge in [0.05, 0.1) is 21.9 Å². The molecular formula is C26H30Cl2F3N3O4S. The van der Waals surface area contributed by atoms with Gasteiger partial charge in [0.15, 0.2) is 0 Å². The first-order chi connectivity index (χ1) is 18.1. The fraction of sp³-hybridized carbons (Fsp3) is 0.500. The Morgan fingerprint density at radius 2 is 1.67 bits per heavy atom. The molecule has 2 fully saturated rings. The first-order valence-corrected chi connectivity index (χ1v) is 15.0. The Morgan fingerprint density at radius 3 is 2.23 bits per heavy atom. The van der Waals surface area contributed by atoms with E-state index in [-0.39, 0.29) is 43.5 Å². The number of benzene rings is 2. The van der Waals surface area contributed by atoms with Crippen molar-refractivity contribution in [1.82, 2.24) is 14.1 Å². The minimum Gasteiger partial charge on any atom is -0.490 e. The minimum atomic E-state index is -4.44. The molecule has 0 radical (unpaired) electrons. The molecule has 2 saturated heterocycles. The SMILES string of the molecule is CC(Oc1ccc(C(F)(F)F)cc1)C1CN(C(=O)N2CCN(S(C)(=O)=O)[C@@H](C)C2)CC1c1ccc(Cl)c(Cl)c1. The molecule has 4 rings (SSSR count). The van der Waals surface area contributed by atoms with Crippen LogP contribution in [-0.2, 0) is 16.2 Å². The number of hydrogen-bond donors (Lipinski definition) is 0. The number of hydrogen-bond acceptors (Lipinski definition) is 4. The Kier molecular flexibility index (Phi) is 8.66. The molecule has 0 aromatic heterocycles. The van der Waals surface area contributed by atoms with Gasteiger partial charge in [0.1, 0.15) is 11.9 Å². The summed E-state index contributed by atoms with van der Waals surface area (Å²) in [5.74, 6) is -0.0926. The third-order valence-electron chi connectivity index (χ3n) is 7.38. The minimum absolute atomic E-state index is 0.178. The second-order valence-corrected chi connectivity index (χ2v) is 12.9. The summed E-state index contributed by atoms with van der Waals surface area (Å²) >= 11 is 12.4. The van der Waals surface area contributed by atoms with Crippen molar-refractivity contribution in [2.24, 2.45) is 5.92 Å². The number of urea groups is 1. The number of carbonyl (C=O) groups excluding carboxylic acids is 1. The Bertz CT molecular complexity index is 1310. The first-order valence-electron chi connectivity index (χ1n) is 12.4. The lowest BCUT2D eigenvalue weighted by Gasteiger charge is -2.39. The van der Waals surface area contributed by atoms with E-state index >= 15 is 0 Å². The Balaban J connectivity index is 1.54. The number of piperazine rings is 1. The molecule has 0 bridgehead atoms. The number of rotatable bonds is 5. The highest BCUT2D eigenvalue weighted by atomic mass is 35.5. The molecule has 2 heterocycles. The fourth-order valence-corrected chi connectivity index (χ4v) is 6.83. The molecule has 2 amide bonds. The second-order valence-electron chi connectivity index (χ2n) is 10.1. The van der Waals surface area contributed by atoms with E-state index in [1.807, 2.05) is 13.0 Å². The van der Waals surface area contributed by atoms with Crippen LogP contribution in [0.1, 0.15) is 30.9 Å². The molecule has 2 aromatic rings. The topological polar surface area (TPSA) is 70.2 Å². The van der Waals surface area contributed by atoms with Gasteiger partial charge in [-0.3, -0.25) is 0 Å². The lowest BCUT2D eigenvalue weighted by Crippen LogP contribution is -2.57. The van der Waals surface area contributed by atoms with Gasteiger partial charge in [-0.1, -0.05) is 29.3 Å². The van der Waals surface area contributed by atoms with Gasteiger partial charge in [0, 0.05) is 50.6 Å². The molecular weight excluding hydrogens is 578 g/mol. The predicted octanol–water partition coefficient (Wildman–Crippen LogP) is 5.58. The Labute approximate surface area is 236 Å². The number of sulfonamides is 1. The van der Waals surface area contributed by atoms with E-state index in [4.69, 9.17) is 27.9 Å². The van der Waals surface area contributed by atoms with Crippen LogP contribution in [0.4, 0.5) is 18.0 Å². The van der Waals surface area contributed by atoms with Crippen LogP contribution in [0, 0.1) is 5.92 Å². The van der Waals surface area contributed by atoms with Crippen molar-refractivity contribution >= 4 is 39.3 Å². The summed E-state index contributed by atoms with van der Waals surface area (Å²) in [6, 6.07) is 9.25. The highest BCUT2D eigenvalue weighted by Crippen LogP contribution is 2.39. The molecule has 0 N–H and O–H groups in total. The predicted molar refractivity (Wildman–Crippen MR) is 144 cm³/mol. The van der Waals surface area contributed by atoms with Crippen molar-refractivity contribution in [3.63, 3.8) is 0 Å². The summed E-state index contributed by atoms with van der Waals surface area (Å²) in [5.41, 5.74) is 0.0989. The molecule has 13 heteroatoms. The normalized spacial score (nSPS) is 23.6. The van der Waals surface area contributed by atoms with Crippen LogP contribution >= 0.6 is 23.2 Å². The molecule has 2 aliphatic heterocycles. The maximum Gasteiger partial charge on any atom is 0.416 e. The van der Waals surface area contributed by atoms with Crippen molar-refractivity contribution in [3.05, 3.63) is 63.6 Å². The average Bonchev–Trinajstić information content (AvgIpc) is 3.30. The number of ether oxygens (including phenoxy) is 1. The number of likely N-dealkylation sites (tertiary alicyclic amines) is 1. The van der Waals surface area contributed by atoms with Crippen molar-refractivity contribution in [2.45, 2.75) is 38.1 Å². The van der Waals surface area contributed by atoms with Crippen LogP contribution in [0.5, 0.6) is 5.75 Å². The molecule has 4 atom stereocenters. The van der Waals surface area contributed by atoms with E-state index in [0.717, 1.165) is 24.0 Å². The molecule has 39 heavy (non-hydrogen) atoms. The number of nitrogens with zero attached hydrogens (tertiary/aromatic N) is 3. The van der Waals surface area contributed by atoms with Gasteiger partial charge in [0.25, 0.3) is 0 Å². The van der Waals surface area contributed by atoms with E-state index < -0.39 is 27.9 Å². The van der Waals surface area contributed by atoms with Crippen molar-refractivity contribution in [3.8, 4) is 5.75 Å². The van der Waals surface area contributed by atoms with Crippen molar-refractivity contribution in [1.29, 1.82) is 0 Å². The Hall–Kier alpha value is -2.21. The van der Waals surface area contributed by atoms with E-state index in [9.17, 15) is 26.4 Å². The van der Waals surface area contributed by atoms with Crippen LogP contribution in [0.3, 0.4) is 0 Å². The number of amides is 2. The summed E-state index contributed by atoms with van der Waals surface area (Å²) in [6.07, 6.45) is -3.74. The summed E-state index contributed by atoms with van der Waals surface area (Å²) in [4.78, 5) is 16.9. The summed E-state index contributed by atoms with van der Waals surface area (Å²) in [5, 5.41) is 0.773. The van der Waals surface area contributed by atoms with Crippen LogP contribution in [0.15, 0.2) is 42.5 Å². The van der Waals surface area contributed by atoms with E-state index in [1.165, 1.54) is 16.4 Å². The van der Waals surface area contributed by atoms with Gasteiger partial charge in [-0.2, -0.15) is 17.5 Å². The van der Waals surface area contributed by atoms with Gasteiger partial charge in [-0.25, -0.2) is 13.2 Å². The Morgan fingerprint density at radius 1 is 1.00 bits per heavy atom. The maximum absolute atomic E-state index is 13.5. The highest BCUT2D eigenvalue weighted by Gasteiger charge is 2.43. The number of carbonyl (C=O) groups is 1. The quantitative estimate of drug-likeness (QED) is 0.445.